The van der Waals surface area contributed by atoms with Gasteiger partial charge in [0.15, 0.2) is 0 Å². The molecule has 0 amide bonds. The Labute approximate surface area is 717 Å². The van der Waals surface area contributed by atoms with Gasteiger partial charge in [0.2, 0.25) is 0 Å². The van der Waals surface area contributed by atoms with Crippen LogP contribution in [0.1, 0.15) is 31.9 Å². The maximum absolute atomic E-state index is 2.46. The third kappa shape index (κ3) is 12.9. The van der Waals surface area contributed by atoms with Crippen LogP contribution >= 0.6 is 0 Å². The van der Waals surface area contributed by atoms with Gasteiger partial charge in [0.05, 0.1) is 0 Å². The van der Waals surface area contributed by atoms with Gasteiger partial charge in [-0.2, -0.15) is 0 Å². The van der Waals surface area contributed by atoms with Gasteiger partial charge in [-0.25, -0.2) is 0 Å². The van der Waals surface area contributed by atoms with Gasteiger partial charge in [-0.1, -0.05) is 463 Å². The molecule has 0 unspecified atom stereocenters. The third-order valence-corrected chi connectivity index (χ3v) is 25.8. The second-order valence-electron chi connectivity index (χ2n) is 33.9. The number of fused-ring (bicyclic) bond motifs is 13. The molecule has 0 saturated heterocycles. The highest BCUT2D eigenvalue weighted by Crippen LogP contribution is 2.53. The van der Waals surface area contributed by atoms with Crippen molar-refractivity contribution in [2.24, 2.45) is 0 Å². The summed E-state index contributed by atoms with van der Waals surface area (Å²) in [6.07, 6.45) is 0. The Hall–Kier alpha value is -15.3. The Morgan fingerprint density at radius 1 is 0.138 bits per heavy atom. The predicted molar refractivity (Wildman–Crippen MR) is 534 cm³/mol. The summed E-state index contributed by atoms with van der Waals surface area (Å²) in [5.41, 5.74) is 23.2. The summed E-state index contributed by atoms with van der Waals surface area (Å²) >= 11 is 0. The molecule has 0 saturated carbocycles. The van der Waals surface area contributed by atoms with E-state index >= 15 is 0 Å². The van der Waals surface area contributed by atoms with Crippen LogP contribution in [0.3, 0.4) is 0 Å². The lowest BCUT2D eigenvalue weighted by Crippen LogP contribution is -2.10. The van der Waals surface area contributed by atoms with Crippen molar-refractivity contribution in [3.63, 3.8) is 0 Å². The lowest BCUT2D eigenvalue weighted by molar-refractivity contribution is 0.591. The molecule has 0 fully saturated rings. The Bertz CT molecular complexity index is 8330. The van der Waals surface area contributed by atoms with E-state index in [1.54, 1.807) is 0 Å². The largest absolute Gasteiger partial charge is 0.0622 e. The minimum atomic E-state index is 0.0511. The maximum atomic E-state index is 2.46. The number of rotatable bonds is 8. The lowest BCUT2D eigenvalue weighted by atomic mass is 9.80. The van der Waals surface area contributed by atoms with Gasteiger partial charge in [-0.15, -0.1) is 0 Å². The summed E-state index contributed by atoms with van der Waals surface area (Å²) in [6.45, 7) is 9.11. The molecule has 0 spiro atoms. The van der Waals surface area contributed by atoms with Crippen molar-refractivity contribution in [3.8, 4) is 89.0 Å². The molecule has 0 aromatic heterocycles. The van der Waals surface area contributed by atoms with Crippen molar-refractivity contribution in [3.05, 3.63) is 460 Å². The van der Waals surface area contributed by atoms with Crippen molar-refractivity contribution in [2.45, 2.75) is 33.1 Å². The monoisotopic (exact) mass is 1560 g/mol. The Morgan fingerprint density at radius 2 is 0.366 bits per heavy atom. The lowest BCUT2D eigenvalue weighted by Gasteiger charge is -2.23. The van der Waals surface area contributed by atoms with Gasteiger partial charge in [0.1, 0.15) is 0 Å². The Kier molecular flexibility index (Phi) is 18.5. The topological polar surface area (TPSA) is 0 Å². The average Bonchev–Trinajstić information content (AvgIpc) is 0.726. The first-order chi connectivity index (χ1) is 60.6. The molecule has 0 atom stereocenters. The van der Waals surface area contributed by atoms with E-state index in [0.717, 1.165) is 0 Å². The zero-order chi connectivity index (χ0) is 82.2. The highest BCUT2D eigenvalue weighted by Gasteiger charge is 2.26. The minimum Gasteiger partial charge on any atom is -0.0622 e. The molecular formula is C123H86. The molecule has 24 aromatic rings. The van der Waals surface area contributed by atoms with Gasteiger partial charge in [-0.3, -0.25) is 0 Å². The number of hydrogen-bond donors (Lipinski definition) is 0. The molecular weight excluding hydrogens is 1480 g/mol. The van der Waals surface area contributed by atoms with Crippen molar-refractivity contribution in [2.75, 3.05) is 0 Å². The summed E-state index contributed by atoms with van der Waals surface area (Å²) < 4.78 is 0. The normalized spacial score (nSPS) is 11.7. The summed E-state index contributed by atoms with van der Waals surface area (Å²) in [6, 6.07) is 165. The van der Waals surface area contributed by atoms with Crippen LogP contribution in [0, 0.1) is 6.92 Å². The smallest absolute Gasteiger partial charge is 0.00199 e. The molecule has 0 aliphatic carbocycles. The average molecular weight is 1560 g/mol. The van der Waals surface area contributed by atoms with Crippen LogP contribution in [0.4, 0.5) is 0 Å². The first-order valence-electron chi connectivity index (χ1n) is 43.0. The van der Waals surface area contributed by atoms with Crippen molar-refractivity contribution in [1.29, 1.82) is 0 Å². The van der Waals surface area contributed by atoms with E-state index in [4.69, 9.17) is 0 Å². The molecule has 24 rings (SSSR count). The molecule has 0 nitrogen and oxygen atoms in total. The van der Waals surface area contributed by atoms with Gasteiger partial charge < -0.3 is 0 Å². The van der Waals surface area contributed by atoms with E-state index in [1.165, 1.54) is 240 Å². The van der Waals surface area contributed by atoms with Crippen LogP contribution in [0.5, 0.6) is 0 Å². The number of benzene rings is 24. The molecule has 0 radical (unpaired) electrons. The molecule has 0 aliphatic rings. The zero-order valence-electron chi connectivity index (χ0n) is 69.2. The standard InChI is InChI=1S/C50H32.C38H30.C35H24/c1-2-14-33(15-3-1)39-30-31-40(42-23-9-8-22-41(39)42)36-28-29-47-48(32-36)50(44-27-13-19-35-17-5-7-21-38(35)44)46-25-11-10-24-45(46)49(47)43-26-12-18-34-16-4-6-20-37(34)43;1-38(2,3)27-22-23-34-35(24-27)37(31-21-11-15-26-13-5-7-17-29(26)31)33-19-9-8-18-32(33)36(34)30-20-10-14-25-12-4-6-16-28(25)30;1-23-20-21-32-33(22-23)35(29-19-9-13-25-11-3-5-15-27(25)29)31-17-7-6-16-30(31)34(32)28-18-8-12-24-10-2-4-14-26(24)28/h1-32H;4-24H,1-3H3;2-22H,1H3. The molecule has 0 bridgehead atoms. The maximum Gasteiger partial charge on any atom is -0.00199 e. The van der Waals surface area contributed by atoms with Crippen molar-refractivity contribution in [1.82, 2.24) is 0 Å². The van der Waals surface area contributed by atoms with E-state index in [0.29, 0.717) is 0 Å². The summed E-state index contributed by atoms with van der Waals surface area (Å²) in [5, 5.41) is 33.3. The van der Waals surface area contributed by atoms with Gasteiger partial charge in [0, 0.05) is 0 Å². The van der Waals surface area contributed by atoms with E-state index in [9.17, 15) is 0 Å². The van der Waals surface area contributed by atoms with Gasteiger partial charge in [0.25, 0.3) is 0 Å². The molecule has 0 heteroatoms. The Balaban J connectivity index is 0.000000112. The van der Waals surface area contributed by atoms with E-state index < -0.39 is 0 Å². The van der Waals surface area contributed by atoms with Crippen molar-refractivity contribution < 1.29 is 0 Å². The fourth-order valence-corrected chi connectivity index (χ4v) is 20.1. The molecule has 0 aliphatic heterocycles. The molecule has 24 aromatic carbocycles. The first-order valence-corrected chi connectivity index (χ1v) is 43.0. The fourth-order valence-electron chi connectivity index (χ4n) is 20.1. The fraction of sp³-hybridized carbons (Fsp3) is 0.0407. The summed E-state index contributed by atoms with van der Waals surface area (Å²) in [5.74, 6) is 0. The van der Waals surface area contributed by atoms with Crippen LogP contribution in [0.25, 0.3) is 229 Å². The molecule has 123 heavy (non-hydrogen) atoms. The van der Waals surface area contributed by atoms with Gasteiger partial charge >= 0.3 is 0 Å². The second-order valence-corrected chi connectivity index (χ2v) is 33.9. The SMILES string of the molecule is CC(C)(C)c1ccc2c(-c3cccc4ccccc34)c3ccccc3c(-c3cccc4ccccc34)c2c1.Cc1ccc2c(-c3cccc4ccccc34)c3ccccc3c(-c3cccc4ccccc34)c2c1.c1ccc(-c2ccc(-c3ccc4c(-c5cccc6ccccc56)c5ccccc5c(-c5cccc6ccccc56)c4c3)c3ccccc23)cc1. The summed E-state index contributed by atoms with van der Waals surface area (Å²) in [4.78, 5) is 0. The highest BCUT2D eigenvalue weighted by atomic mass is 14.3. The van der Waals surface area contributed by atoms with Gasteiger partial charge in [-0.05, 0) is 259 Å². The van der Waals surface area contributed by atoms with Crippen LogP contribution in [-0.4, -0.2) is 0 Å². The van der Waals surface area contributed by atoms with E-state index in [2.05, 4.69) is 477 Å². The van der Waals surface area contributed by atoms with E-state index in [-0.39, 0.29) is 5.41 Å². The Morgan fingerprint density at radius 3 is 0.683 bits per heavy atom. The van der Waals surface area contributed by atoms with Crippen LogP contribution in [0.2, 0.25) is 0 Å². The quantitative estimate of drug-likeness (QED) is 0.133. The number of aryl methyl sites for hydroxylation is 1. The summed E-state index contributed by atoms with van der Waals surface area (Å²) in [7, 11) is 0. The first kappa shape index (κ1) is 74.0. The predicted octanol–water partition coefficient (Wildman–Crippen LogP) is 35.0. The second kappa shape index (κ2) is 30.8. The minimum absolute atomic E-state index is 0.0511. The van der Waals surface area contributed by atoms with E-state index in [1.807, 2.05) is 0 Å². The van der Waals surface area contributed by atoms with Crippen LogP contribution in [-0.2, 0) is 5.41 Å². The zero-order valence-corrected chi connectivity index (χ0v) is 69.2. The number of hydrogen-bond acceptors (Lipinski definition) is 0. The van der Waals surface area contributed by atoms with Crippen LogP contribution < -0.4 is 0 Å². The van der Waals surface area contributed by atoms with Crippen LogP contribution in [0.15, 0.2) is 449 Å². The molecule has 578 valence electrons. The highest BCUT2D eigenvalue weighted by molar-refractivity contribution is 6.29. The third-order valence-electron chi connectivity index (χ3n) is 25.8. The van der Waals surface area contributed by atoms with Crippen molar-refractivity contribution >= 4 is 140 Å². The molecule has 0 heterocycles. The molecule has 0 N–H and O–H groups in total.